The molecule has 4 heterocycles. The van der Waals surface area contributed by atoms with Crippen molar-refractivity contribution in [2.75, 3.05) is 29.4 Å². The number of aliphatic imine (C=N–C) groups is 1. The average Bonchev–Trinajstić information content (AvgIpc) is 3.24. The lowest BCUT2D eigenvalue weighted by molar-refractivity contribution is -0.114. The van der Waals surface area contributed by atoms with Crippen molar-refractivity contribution >= 4 is 29.3 Å². The normalized spacial score (nSPS) is 20.1. The molecule has 0 unspecified atom stereocenters. The molecule has 0 aliphatic carbocycles. The molecular formula is C20H21FN6O. The third-order valence-corrected chi connectivity index (χ3v) is 4.96. The van der Waals surface area contributed by atoms with E-state index in [9.17, 15) is 9.18 Å². The summed E-state index contributed by atoms with van der Waals surface area (Å²) >= 11 is 0. The molecule has 0 bridgehead atoms. The minimum absolute atomic E-state index is 0.189. The maximum atomic E-state index is 13.3. The number of nitrogens with two attached hydrogens (primary N) is 1. The summed E-state index contributed by atoms with van der Waals surface area (Å²) in [6.45, 7) is 3.26. The quantitative estimate of drug-likeness (QED) is 0.823. The predicted octanol–water partition coefficient (Wildman–Crippen LogP) is 2.30. The smallest absolute Gasteiger partial charge is 0.262 e. The van der Waals surface area contributed by atoms with E-state index in [1.807, 2.05) is 17.9 Å². The van der Waals surface area contributed by atoms with Gasteiger partial charge in [-0.25, -0.2) is 9.37 Å². The zero-order chi connectivity index (χ0) is 19.7. The second kappa shape index (κ2) is 7.38. The van der Waals surface area contributed by atoms with Gasteiger partial charge in [-0.05, 0) is 37.1 Å². The molecule has 0 aromatic carbocycles. The SMILES string of the molecule is Cc1cnccc1N1CC(N)=C(C=Nc2ccc(N3CC[C@H](F)C3)nc2)C1=O. The molecule has 1 saturated heterocycles. The molecule has 2 aromatic heterocycles. The zero-order valence-electron chi connectivity index (χ0n) is 15.5. The first-order chi connectivity index (χ1) is 13.5. The Morgan fingerprint density at radius 3 is 2.86 bits per heavy atom. The van der Waals surface area contributed by atoms with Crippen molar-refractivity contribution in [1.82, 2.24) is 9.97 Å². The van der Waals surface area contributed by atoms with Crippen LogP contribution in [0.4, 0.5) is 21.6 Å². The Bertz CT molecular complexity index is 955. The maximum Gasteiger partial charge on any atom is 0.262 e. The lowest BCUT2D eigenvalue weighted by atomic mass is 10.2. The van der Waals surface area contributed by atoms with Crippen LogP contribution in [0, 0.1) is 6.92 Å². The Kier molecular flexibility index (Phi) is 4.77. The molecule has 1 amide bonds. The van der Waals surface area contributed by atoms with Crippen LogP contribution in [-0.2, 0) is 4.79 Å². The molecule has 2 aromatic rings. The van der Waals surface area contributed by atoms with Gasteiger partial charge in [-0.15, -0.1) is 0 Å². The fraction of sp³-hybridized carbons (Fsp3) is 0.300. The van der Waals surface area contributed by atoms with Crippen LogP contribution < -0.4 is 15.5 Å². The number of pyridine rings is 2. The second-order valence-electron chi connectivity index (χ2n) is 6.96. The molecule has 0 saturated carbocycles. The second-order valence-corrected chi connectivity index (χ2v) is 6.96. The monoisotopic (exact) mass is 380 g/mol. The minimum Gasteiger partial charge on any atom is -0.400 e. The first-order valence-corrected chi connectivity index (χ1v) is 9.13. The fourth-order valence-electron chi connectivity index (χ4n) is 3.42. The van der Waals surface area contributed by atoms with Crippen molar-refractivity contribution in [3.8, 4) is 0 Å². The van der Waals surface area contributed by atoms with Gasteiger partial charge in [0.2, 0.25) is 0 Å². The summed E-state index contributed by atoms with van der Waals surface area (Å²) in [6.07, 6.45) is 6.19. The lowest BCUT2D eigenvalue weighted by Gasteiger charge is -2.18. The molecule has 2 N–H and O–H groups in total. The van der Waals surface area contributed by atoms with Gasteiger partial charge in [-0.3, -0.25) is 14.8 Å². The number of hydrogen-bond acceptors (Lipinski definition) is 6. The summed E-state index contributed by atoms with van der Waals surface area (Å²) in [5.41, 5.74) is 9.22. The molecule has 144 valence electrons. The third-order valence-electron chi connectivity index (χ3n) is 4.96. The largest absolute Gasteiger partial charge is 0.400 e. The molecule has 8 heteroatoms. The van der Waals surface area contributed by atoms with Crippen LogP contribution >= 0.6 is 0 Å². The van der Waals surface area contributed by atoms with Crippen LogP contribution in [0.2, 0.25) is 0 Å². The van der Waals surface area contributed by atoms with Crippen molar-refractivity contribution in [3.05, 3.63) is 53.6 Å². The van der Waals surface area contributed by atoms with Crippen LogP contribution in [0.3, 0.4) is 0 Å². The van der Waals surface area contributed by atoms with Crippen LogP contribution in [0.25, 0.3) is 0 Å². The van der Waals surface area contributed by atoms with E-state index < -0.39 is 6.17 Å². The van der Waals surface area contributed by atoms with Gasteiger partial charge in [-0.1, -0.05) is 0 Å². The summed E-state index contributed by atoms with van der Waals surface area (Å²) in [5, 5.41) is 0. The van der Waals surface area contributed by atoms with Crippen molar-refractivity contribution in [2.45, 2.75) is 19.5 Å². The fourth-order valence-corrected chi connectivity index (χ4v) is 3.42. The summed E-state index contributed by atoms with van der Waals surface area (Å²) in [7, 11) is 0. The van der Waals surface area contributed by atoms with E-state index in [0.29, 0.717) is 43.0 Å². The first-order valence-electron chi connectivity index (χ1n) is 9.13. The van der Waals surface area contributed by atoms with E-state index in [2.05, 4.69) is 15.0 Å². The molecule has 0 radical (unpaired) electrons. The summed E-state index contributed by atoms with van der Waals surface area (Å²) < 4.78 is 13.3. The number of aryl methyl sites for hydroxylation is 1. The number of rotatable bonds is 4. The molecule has 2 aliphatic rings. The highest BCUT2D eigenvalue weighted by molar-refractivity contribution is 6.22. The van der Waals surface area contributed by atoms with Gasteiger partial charge >= 0.3 is 0 Å². The Morgan fingerprint density at radius 2 is 2.18 bits per heavy atom. The van der Waals surface area contributed by atoms with Crippen LogP contribution in [0.1, 0.15) is 12.0 Å². The van der Waals surface area contributed by atoms with Crippen LogP contribution in [0.5, 0.6) is 0 Å². The topological polar surface area (TPSA) is 87.7 Å². The summed E-state index contributed by atoms with van der Waals surface area (Å²) in [6, 6.07) is 5.40. The van der Waals surface area contributed by atoms with E-state index in [1.54, 1.807) is 35.6 Å². The van der Waals surface area contributed by atoms with Crippen molar-refractivity contribution in [2.24, 2.45) is 10.7 Å². The zero-order valence-corrected chi connectivity index (χ0v) is 15.5. The van der Waals surface area contributed by atoms with E-state index in [0.717, 1.165) is 17.1 Å². The molecule has 1 atom stereocenters. The number of aromatic nitrogens is 2. The Balaban J connectivity index is 1.48. The number of anilines is 2. The predicted molar refractivity (Wildman–Crippen MR) is 107 cm³/mol. The van der Waals surface area contributed by atoms with Crippen molar-refractivity contribution in [1.29, 1.82) is 0 Å². The highest BCUT2D eigenvalue weighted by Crippen LogP contribution is 2.26. The number of nitrogens with zero attached hydrogens (tertiary/aromatic N) is 5. The van der Waals surface area contributed by atoms with Gasteiger partial charge < -0.3 is 15.5 Å². The Labute approximate surface area is 162 Å². The van der Waals surface area contributed by atoms with Crippen molar-refractivity contribution < 1.29 is 9.18 Å². The average molecular weight is 380 g/mol. The highest BCUT2D eigenvalue weighted by Gasteiger charge is 2.29. The Hall–Kier alpha value is -3.29. The van der Waals surface area contributed by atoms with Gasteiger partial charge in [0.05, 0.1) is 36.2 Å². The highest BCUT2D eigenvalue weighted by atomic mass is 19.1. The third kappa shape index (κ3) is 3.45. The summed E-state index contributed by atoms with van der Waals surface area (Å²) in [5.74, 6) is 0.542. The lowest BCUT2D eigenvalue weighted by Crippen LogP contribution is -2.28. The number of halogens is 1. The van der Waals surface area contributed by atoms with Crippen LogP contribution in [0.15, 0.2) is 53.1 Å². The number of carbonyl (C=O) groups is 1. The minimum atomic E-state index is -0.797. The van der Waals surface area contributed by atoms with E-state index in [1.165, 1.54) is 6.21 Å². The van der Waals surface area contributed by atoms with Gasteiger partial charge in [0.25, 0.3) is 5.91 Å². The van der Waals surface area contributed by atoms with E-state index in [4.69, 9.17) is 5.73 Å². The molecule has 1 fully saturated rings. The standard InChI is InChI=1S/C20H21FN6O/c1-13-8-23-6-4-18(13)27-12-17(22)16(20(27)28)10-24-15-2-3-19(25-9-15)26-7-5-14(21)11-26/h2-4,6,8-10,14H,5,7,11-12,22H2,1H3/t14-/m0/s1. The Morgan fingerprint density at radius 1 is 1.32 bits per heavy atom. The number of carbonyl (C=O) groups excluding carboxylic acids is 1. The number of amides is 1. The van der Waals surface area contributed by atoms with E-state index >= 15 is 0 Å². The summed E-state index contributed by atoms with van der Waals surface area (Å²) in [4.78, 5) is 29.0. The van der Waals surface area contributed by atoms with Crippen molar-refractivity contribution in [3.63, 3.8) is 0 Å². The van der Waals surface area contributed by atoms with Gasteiger partial charge in [-0.2, -0.15) is 0 Å². The molecular weight excluding hydrogens is 359 g/mol. The molecule has 28 heavy (non-hydrogen) atoms. The first kappa shape index (κ1) is 18.1. The van der Waals surface area contributed by atoms with Crippen LogP contribution in [-0.4, -0.2) is 47.9 Å². The number of alkyl halides is 1. The van der Waals surface area contributed by atoms with Gasteiger partial charge in [0.15, 0.2) is 0 Å². The maximum absolute atomic E-state index is 13.3. The molecule has 7 nitrogen and oxygen atoms in total. The number of hydrogen-bond donors (Lipinski definition) is 1. The van der Waals surface area contributed by atoms with Gasteiger partial charge in [0, 0.05) is 30.9 Å². The molecule has 2 aliphatic heterocycles. The molecule has 0 spiro atoms. The van der Waals surface area contributed by atoms with E-state index in [-0.39, 0.29) is 5.91 Å². The van der Waals surface area contributed by atoms with Gasteiger partial charge in [0.1, 0.15) is 12.0 Å². The molecule has 4 rings (SSSR count).